The van der Waals surface area contributed by atoms with Crippen molar-refractivity contribution < 1.29 is 9.53 Å². The summed E-state index contributed by atoms with van der Waals surface area (Å²) in [5.41, 5.74) is 4.49. The van der Waals surface area contributed by atoms with Crippen molar-refractivity contribution in [3.05, 3.63) is 70.4 Å². The zero-order chi connectivity index (χ0) is 19.3. The van der Waals surface area contributed by atoms with Crippen molar-refractivity contribution in [3.8, 4) is 5.88 Å². The highest BCUT2D eigenvalue weighted by molar-refractivity contribution is 7.09. The number of rotatable bonds is 8. The molecule has 0 aliphatic rings. The molecular formula is C21H20N4O2S. The molecule has 0 radical (unpaired) electrons. The molecular weight excluding hydrogens is 372 g/mol. The lowest BCUT2D eigenvalue weighted by Crippen LogP contribution is -2.08. The number of nitrogens with zero attached hydrogens (tertiary/aromatic N) is 3. The Morgan fingerprint density at radius 1 is 1.25 bits per heavy atom. The van der Waals surface area contributed by atoms with E-state index >= 15 is 0 Å². The van der Waals surface area contributed by atoms with Gasteiger partial charge in [0.1, 0.15) is 12.4 Å². The van der Waals surface area contributed by atoms with Crippen molar-refractivity contribution in [1.82, 2.24) is 20.2 Å². The van der Waals surface area contributed by atoms with Crippen molar-refractivity contribution in [2.24, 2.45) is 0 Å². The van der Waals surface area contributed by atoms with Gasteiger partial charge in [-0.1, -0.05) is 37.3 Å². The van der Waals surface area contributed by atoms with Crippen molar-refractivity contribution >= 4 is 28.0 Å². The fraction of sp³-hybridized carbons (Fsp3) is 0.238. The Morgan fingerprint density at radius 3 is 2.89 bits per heavy atom. The number of pyridine rings is 1. The van der Waals surface area contributed by atoms with Crippen molar-refractivity contribution in [1.29, 1.82) is 0 Å². The summed E-state index contributed by atoms with van der Waals surface area (Å²) in [5, 5.41) is 7.98. The van der Waals surface area contributed by atoms with Gasteiger partial charge in [-0.25, -0.2) is 0 Å². The summed E-state index contributed by atoms with van der Waals surface area (Å²) >= 11 is 1.54. The van der Waals surface area contributed by atoms with Gasteiger partial charge in [0.05, 0.1) is 21.3 Å². The molecule has 0 amide bonds. The first-order chi connectivity index (χ1) is 13.7. The minimum atomic E-state index is 0.171. The average molecular weight is 392 g/mol. The van der Waals surface area contributed by atoms with E-state index in [-0.39, 0.29) is 11.7 Å². The smallest absolute Gasteiger partial charge is 0.242 e. The molecule has 1 aromatic carbocycles. The monoisotopic (exact) mass is 392 g/mol. The molecule has 0 aliphatic carbocycles. The predicted molar refractivity (Wildman–Crippen MR) is 109 cm³/mol. The third-order valence-corrected chi connectivity index (χ3v) is 5.34. The van der Waals surface area contributed by atoms with Crippen LogP contribution in [0.3, 0.4) is 0 Å². The number of benzene rings is 1. The van der Waals surface area contributed by atoms with Gasteiger partial charge in [0.15, 0.2) is 0 Å². The fourth-order valence-electron chi connectivity index (χ4n) is 3.11. The first-order valence-electron chi connectivity index (χ1n) is 9.09. The van der Waals surface area contributed by atoms with Crippen LogP contribution in [0.5, 0.6) is 5.88 Å². The SMILES string of the molecule is C[C@@H](CC(=O)Cc1cc2[nH]nc(OCc3cncs3)c2cn1)c1ccccc1. The van der Waals surface area contributed by atoms with Crippen LogP contribution >= 0.6 is 11.3 Å². The number of ether oxygens (including phenoxy) is 1. The molecule has 4 aromatic rings. The first-order valence-corrected chi connectivity index (χ1v) is 9.97. The number of H-pyrrole nitrogens is 1. The number of nitrogens with one attached hydrogen (secondary N) is 1. The summed E-state index contributed by atoms with van der Waals surface area (Å²) < 4.78 is 5.75. The van der Waals surface area contributed by atoms with E-state index in [1.165, 1.54) is 16.9 Å². The van der Waals surface area contributed by atoms with E-state index in [2.05, 4.69) is 39.2 Å². The number of carbonyl (C=O) groups is 1. The molecule has 0 spiro atoms. The van der Waals surface area contributed by atoms with E-state index in [0.717, 1.165) is 21.5 Å². The number of aromatic nitrogens is 4. The number of Topliss-reactive ketones (excluding diaryl/α,β-unsaturated/α-hetero) is 1. The van der Waals surface area contributed by atoms with Gasteiger partial charge in [-0.3, -0.25) is 19.9 Å². The molecule has 1 atom stereocenters. The van der Waals surface area contributed by atoms with E-state index in [1.54, 1.807) is 17.9 Å². The second kappa shape index (κ2) is 8.31. The Labute approximate surface area is 166 Å². The van der Waals surface area contributed by atoms with E-state index in [1.807, 2.05) is 24.3 Å². The lowest BCUT2D eigenvalue weighted by atomic mass is 9.94. The Bertz CT molecular complexity index is 1060. The maximum atomic E-state index is 12.5. The number of ketones is 1. The second-order valence-electron chi connectivity index (χ2n) is 6.74. The van der Waals surface area contributed by atoms with Gasteiger partial charge in [-0.15, -0.1) is 16.4 Å². The molecule has 0 fully saturated rings. The third kappa shape index (κ3) is 4.26. The summed E-state index contributed by atoms with van der Waals surface area (Å²) in [7, 11) is 0. The van der Waals surface area contributed by atoms with Gasteiger partial charge in [0.2, 0.25) is 5.88 Å². The first kappa shape index (κ1) is 18.3. The maximum Gasteiger partial charge on any atom is 0.242 e. The van der Waals surface area contributed by atoms with E-state index in [4.69, 9.17) is 4.74 Å². The normalized spacial score (nSPS) is 12.2. The van der Waals surface area contributed by atoms with Crippen LogP contribution in [0.4, 0.5) is 0 Å². The number of carbonyl (C=O) groups excluding carboxylic acids is 1. The van der Waals surface area contributed by atoms with Crippen LogP contribution in [0.15, 0.2) is 54.3 Å². The van der Waals surface area contributed by atoms with Crippen LogP contribution in [0.1, 0.15) is 35.4 Å². The fourth-order valence-corrected chi connectivity index (χ4v) is 3.61. The summed E-state index contributed by atoms with van der Waals surface area (Å²) in [6, 6.07) is 12.0. The van der Waals surface area contributed by atoms with Crippen LogP contribution < -0.4 is 4.74 Å². The molecule has 0 unspecified atom stereocenters. The maximum absolute atomic E-state index is 12.5. The van der Waals surface area contributed by atoms with Gasteiger partial charge in [0.25, 0.3) is 0 Å². The number of fused-ring (bicyclic) bond motifs is 1. The molecule has 28 heavy (non-hydrogen) atoms. The molecule has 7 heteroatoms. The molecule has 142 valence electrons. The molecule has 4 rings (SSSR count). The molecule has 1 N–H and O–H groups in total. The van der Waals surface area contributed by atoms with Crippen molar-refractivity contribution in [3.63, 3.8) is 0 Å². The summed E-state index contributed by atoms with van der Waals surface area (Å²) in [6.07, 6.45) is 4.29. The third-order valence-electron chi connectivity index (χ3n) is 4.58. The topological polar surface area (TPSA) is 80.8 Å². The minimum absolute atomic E-state index is 0.171. The average Bonchev–Trinajstić information content (AvgIpc) is 3.36. The lowest BCUT2D eigenvalue weighted by molar-refractivity contribution is -0.118. The quantitative estimate of drug-likeness (QED) is 0.483. The molecule has 6 nitrogen and oxygen atoms in total. The molecule has 0 saturated heterocycles. The molecule has 3 aromatic heterocycles. The Morgan fingerprint density at radius 2 is 2.11 bits per heavy atom. The number of hydrogen-bond donors (Lipinski definition) is 1. The number of thiazole rings is 1. The molecule has 0 saturated carbocycles. The van der Waals surface area contributed by atoms with Crippen LogP contribution in [0.2, 0.25) is 0 Å². The predicted octanol–water partition coefficient (Wildman–Crippen LogP) is 4.30. The Balaban J connectivity index is 1.40. The minimum Gasteiger partial charge on any atom is -0.470 e. The van der Waals surface area contributed by atoms with Crippen molar-refractivity contribution in [2.45, 2.75) is 32.3 Å². The number of aromatic amines is 1. The molecule has 3 heterocycles. The standard InChI is InChI=1S/C21H20N4O2S/c1-14(15-5-3-2-4-6-15)7-17(26)8-16-9-20-19(11-23-16)21(25-24-20)27-12-18-10-22-13-28-18/h2-6,9-11,13-14H,7-8,12H2,1H3,(H,24,25)/t14-/m0/s1. The van der Waals surface area contributed by atoms with Gasteiger partial charge in [-0.2, -0.15) is 0 Å². The van der Waals surface area contributed by atoms with Crippen molar-refractivity contribution in [2.75, 3.05) is 0 Å². The van der Waals surface area contributed by atoms with Crippen LogP contribution in [0, 0.1) is 0 Å². The van der Waals surface area contributed by atoms with E-state index < -0.39 is 0 Å². The van der Waals surface area contributed by atoms with Crippen LogP contribution in [-0.2, 0) is 17.8 Å². The van der Waals surface area contributed by atoms with Gasteiger partial charge >= 0.3 is 0 Å². The summed E-state index contributed by atoms with van der Waals surface area (Å²) in [6.45, 7) is 2.49. The summed E-state index contributed by atoms with van der Waals surface area (Å²) in [4.78, 5) is 22.0. The zero-order valence-electron chi connectivity index (χ0n) is 15.5. The molecule has 0 bridgehead atoms. The van der Waals surface area contributed by atoms with Crippen LogP contribution in [-0.4, -0.2) is 25.9 Å². The highest BCUT2D eigenvalue weighted by Gasteiger charge is 2.14. The Hall–Kier alpha value is -3.06. The summed E-state index contributed by atoms with van der Waals surface area (Å²) in [5.74, 6) is 0.868. The van der Waals surface area contributed by atoms with E-state index in [0.29, 0.717) is 25.3 Å². The number of hydrogen-bond acceptors (Lipinski definition) is 6. The zero-order valence-corrected chi connectivity index (χ0v) is 16.3. The molecule has 0 aliphatic heterocycles. The van der Waals surface area contributed by atoms with Gasteiger partial charge in [0, 0.05) is 30.9 Å². The second-order valence-corrected chi connectivity index (χ2v) is 7.71. The highest BCUT2D eigenvalue weighted by Crippen LogP contribution is 2.24. The van der Waals surface area contributed by atoms with Gasteiger partial charge in [-0.05, 0) is 17.5 Å². The lowest BCUT2D eigenvalue weighted by Gasteiger charge is -2.10. The highest BCUT2D eigenvalue weighted by atomic mass is 32.1. The largest absolute Gasteiger partial charge is 0.470 e. The van der Waals surface area contributed by atoms with E-state index in [9.17, 15) is 4.79 Å². The Kier molecular flexibility index (Phi) is 5.43. The van der Waals surface area contributed by atoms with Crippen LogP contribution in [0.25, 0.3) is 10.9 Å². The van der Waals surface area contributed by atoms with Gasteiger partial charge < -0.3 is 4.74 Å².